The molecule has 0 unspecified atom stereocenters. The van der Waals surface area contributed by atoms with Crippen molar-refractivity contribution in [2.24, 2.45) is 0 Å². The molecule has 14 heavy (non-hydrogen) atoms. The zero-order valence-electron chi connectivity index (χ0n) is 8.08. The number of nitrogens with one attached hydrogen (secondary N) is 1. The topological polar surface area (TPSA) is 54.9 Å². The van der Waals surface area contributed by atoms with Crippen molar-refractivity contribution in [1.29, 1.82) is 0 Å². The molecule has 1 N–H and O–H groups in total. The first-order valence-electron chi connectivity index (χ1n) is 4.47. The third-order valence-electron chi connectivity index (χ3n) is 1.92. The van der Waals surface area contributed by atoms with Crippen molar-refractivity contribution in [2.45, 2.75) is 32.7 Å². The van der Waals surface area contributed by atoms with Crippen LogP contribution in [0.25, 0.3) is 0 Å². The van der Waals surface area contributed by atoms with Crippen LogP contribution < -0.4 is 5.32 Å². The van der Waals surface area contributed by atoms with Crippen LogP contribution in [0.15, 0.2) is 0 Å². The van der Waals surface area contributed by atoms with Gasteiger partial charge in [0.25, 0.3) is 5.91 Å². The number of aromatic nitrogens is 2. The second-order valence-electron chi connectivity index (χ2n) is 2.85. The standard InChI is InChI=1S/C8H12ClN3OS/c1-3-5(4-2)10-6(13)7-11-12-8(9)14-7/h5H,3-4H2,1-2H3,(H,10,13). The fourth-order valence-corrected chi connectivity index (χ4v) is 1.77. The van der Waals surface area contributed by atoms with E-state index in [0.29, 0.717) is 9.47 Å². The van der Waals surface area contributed by atoms with Gasteiger partial charge in [-0.2, -0.15) is 0 Å². The van der Waals surface area contributed by atoms with E-state index in [2.05, 4.69) is 15.5 Å². The molecule has 0 fully saturated rings. The number of nitrogens with zero attached hydrogens (tertiary/aromatic N) is 2. The predicted molar refractivity (Wildman–Crippen MR) is 56.8 cm³/mol. The molecule has 0 aromatic carbocycles. The van der Waals surface area contributed by atoms with Crippen molar-refractivity contribution < 1.29 is 4.79 Å². The molecule has 6 heteroatoms. The molecule has 1 rings (SSSR count). The molecular weight excluding hydrogens is 222 g/mol. The van der Waals surface area contributed by atoms with E-state index in [1.807, 2.05) is 13.8 Å². The van der Waals surface area contributed by atoms with E-state index in [1.54, 1.807) is 0 Å². The lowest BCUT2D eigenvalue weighted by Gasteiger charge is -2.12. The van der Waals surface area contributed by atoms with Crippen LogP contribution in [0.5, 0.6) is 0 Å². The summed E-state index contributed by atoms with van der Waals surface area (Å²) in [6, 6.07) is 0.199. The molecule has 0 aliphatic carbocycles. The zero-order chi connectivity index (χ0) is 10.6. The first-order chi connectivity index (χ1) is 6.67. The summed E-state index contributed by atoms with van der Waals surface area (Å²) in [5, 5.41) is 10.4. The van der Waals surface area contributed by atoms with Gasteiger partial charge in [0, 0.05) is 6.04 Å². The predicted octanol–water partition coefficient (Wildman–Crippen LogP) is 2.11. The van der Waals surface area contributed by atoms with E-state index >= 15 is 0 Å². The van der Waals surface area contributed by atoms with Crippen LogP contribution in [0, 0.1) is 0 Å². The summed E-state index contributed by atoms with van der Waals surface area (Å²) in [4.78, 5) is 11.5. The molecule has 0 bridgehead atoms. The summed E-state index contributed by atoms with van der Waals surface area (Å²) in [5.74, 6) is -0.192. The van der Waals surface area contributed by atoms with Gasteiger partial charge in [0.15, 0.2) is 0 Å². The third kappa shape index (κ3) is 2.92. The summed E-state index contributed by atoms with van der Waals surface area (Å²) in [5.41, 5.74) is 0. The van der Waals surface area contributed by atoms with Crippen molar-refractivity contribution in [3.05, 3.63) is 9.47 Å². The molecule has 4 nitrogen and oxygen atoms in total. The Bertz CT molecular complexity index is 311. The largest absolute Gasteiger partial charge is 0.347 e. The molecule has 1 aromatic heterocycles. The van der Waals surface area contributed by atoms with Crippen molar-refractivity contribution in [3.63, 3.8) is 0 Å². The first-order valence-corrected chi connectivity index (χ1v) is 5.66. The highest BCUT2D eigenvalue weighted by Crippen LogP contribution is 2.14. The number of rotatable bonds is 4. The van der Waals surface area contributed by atoms with Crippen molar-refractivity contribution in [2.75, 3.05) is 0 Å². The van der Waals surface area contributed by atoms with Gasteiger partial charge in [-0.05, 0) is 24.4 Å². The van der Waals surface area contributed by atoms with Gasteiger partial charge in [0.1, 0.15) is 0 Å². The monoisotopic (exact) mass is 233 g/mol. The number of hydrogen-bond donors (Lipinski definition) is 1. The Hall–Kier alpha value is -0.680. The maximum atomic E-state index is 11.5. The van der Waals surface area contributed by atoms with Gasteiger partial charge in [0.05, 0.1) is 0 Å². The minimum absolute atomic E-state index is 0.192. The van der Waals surface area contributed by atoms with E-state index in [1.165, 1.54) is 0 Å². The van der Waals surface area contributed by atoms with Crippen LogP contribution in [0.4, 0.5) is 0 Å². The highest BCUT2D eigenvalue weighted by Gasteiger charge is 2.14. The average molecular weight is 234 g/mol. The fourth-order valence-electron chi connectivity index (χ4n) is 1.04. The average Bonchev–Trinajstić information content (AvgIpc) is 2.61. The van der Waals surface area contributed by atoms with Gasteiger partial charge < -0.3 is 5.32 Å². The van der Waals surface area contributed by atoms with Gasteiger partial charge in [-0.1, -0.05) is 25.2 Å². The number of hydrogen-bond acceptors (Lipinski definition) is 4. The number of carbonyl (C=O) groups excluding carboxylic acids is 1. The molecule has 1 heterocycles. The smallest absolute Gasteiger partial charge is 0.282 e. The van der Waals surface area contributed by atoms with Crippen LogP contribution in [-0.2, 0) is 0 Å². The maximum Gasteiger partial charge on any atom is 0.282 e. The first kappa shape index (κ1) is 11.4. The zero-order valence-corrected chi connectivity index (χ0v) is 9.65. The van der Waals surface area contributed by atoms with Gasteiger partial charge in [-0.15, -0.1) is 10.2 Å². The third-order valence-corrected chi connectivity index (χ3v) is 2.93. The second-order valence-corrected chi connectivity index (χ2v) is 4.41. The number of amides is 1. The molecule has 0 radical (unpaired) electrons. The van der Waals surface area contributed by atoms with E-state index < -0.39 is 0 Å². The minimum atomic E-state index is -0.192. The van der Waals surface area contributed by atoms with Crippen molar-refractivity contribution in [1.82, 2.24) is 15.5 Å². The van der Waals surface area contributed by atoms with Crippen LogP contribution in [-0.4, -0.2) is 22.1 Å². The summed E-state index contributed by atoms with van der Waals surface area (Å²) in [6.45, 7) is 4.06. The van der Waals surface area contributed by atoms with E-state index in [-0.39, 0.29) is 11.9 Å². The lowest BCUT2D eigenvalue weighted by atomic mass is 10.2. The quantitative estimate of drug-likeness (QED) is 0.867. The Kier molecular flexibility index (Phi) is 4.28. The van der Waals surface area contributed by atoms with Crippen molar-refractivity contribution >= 4 is 28.8 Å². The van der Waals surface area contributed by atoms with Gasteiger partial charge in [-0.25, -0.2) is 0 Å². The summed E-state index contributed by atoms with van der Waals surface area (Å²) >= 11 is 6.66. The number of halogens is 1. The van der Waals surface area contributed by atoms with E-state index in [4.69, 9.17) is 11.6 Å². The van der Waals surface area contributed by atoms with Gasteiger partial charge >= 0.3 is 0 Å². The van der Waals surface area contributed by atoms with Crippen LogP contribution in [0.2, 0.25) is 4.47 Å². The van der Waals surface area contributed by atoms with Crippen LogP contribution in [0.3, 0.4) is 0 Å². The fraction of sp³-hybridized carbons (Fsp3) is 0.625. The molecule has 0 aliphatic rings. The Morgan fingerprint density at radius 2 is 2.14 bits per heavy atom. The molecule has 1 amide bonds. The molecule has 0 aliphatic heterocycles. The Morgan fingerprint density at radius 3 is 2.57 bits per heavy atom. The van der Waals surface area contributed by atoms with Gasteiger partial charge in [-0.3, -0.25) is 4.79 Å². The normalized spacial score (nSPS) is 10.6. The molecule has 0 saturated carbocycles. The Balaban J connectivity index is 2.58. The minimum Gasteiger partial charge on any atom is -0.347 e. The van der Waals surface area contributed by atoms with E-state index in [9.17, 15) is 4.79 Å². The molecule has 0 spiro atoms. The lowest BCUT2D eigenvalue weighted by molar-refractivity contribution is 0.0934. The van der Waals surface area contributed by atoms with Crippen LogP contribution in [0.1, 0.15) is 36.5 Å². The van der Waals surface area contributed by atoms with Gasteiger partial charge in [0.2, 0.25) is 9.47 Å². The van der Waals surface area contributed by atoms with Crippen LogP contribution >= 0.6 is 22.9 Å². The Labute approximate surface area is 91.7 Å². The summed E-state index contributed by atoms with van der Waals surface area (Å²) in [6.07, 6.45) is 1.82. The molecule has 0 saturated heterocycles. The molecule has 0 atom stereocenters. The SMILES string of the molecule is CCC(CC)NC(=O)c1nnc(Cl)s1. The molecule has 78 valence electrons. The lowest BCUT2D eigenvalue weighted by Crippen LogP contribution is -2.33. The highest BCUT2D eigenvalue weighted by molar-refractivity contribution is 7.17. The second kappa shape index (κ2) is 5.26. The Morgan fingerprint density at radius 1 is 1.50 bits per heavy atom. The summed E-state index contributed by atoms with van der Waals surface area (Å²) < 4.78 is 0.291. The van der Waals surface area contributed by atoms with Crippen molar-refractivity contribution in [3.8, 4) is 0 Å². The maximum absolute atomic E-state index is 11.5. The number of carbonyl (C=O) groups is 1. The highest BCUT2D eigenvalue weighted by atomic mass is 35.5. The van der Waals surface area contributed by atoms with E-state index in [0.717, 1.165) is 24.2 Å². The molecule has 1 aromatic rings. The molecular formula is C8H12ClN3OS. The summed E-state index contributed by atoms with van der Waals surface area (Å²) in [7, 11) is 0.